The Balaban J connectivity index is 2.17. The van der Waals surface area contributed by atoms with Crippen LogP contribution in [0.2, 0.25) is 5.02 Å². The van der Waals surface area contributed by atoms with Gasteiger partial charge in [-0.05, 0) is 42.0 Å². The molecule has 0 atom stereocenters. The number of halogens is 5. The Morgan fingerprint density at radius 1 is 1.22 bits per heavy atom. The van der Waals surface area contributed by atoms with Crippen molar-refractivity contribution in [2.45, 2.75) is 12.8 Å². The first-order valence-electron chi connectivity index (χ1n) is 6.19. The van der Waals surface area contributed by atoms with Crippen LogP contribution in [0.3, 0.4) is 0 Å². The van der Waals surface area contributed by atoms with Crippen molar-refractivity contribution < 1.29 is 27.8 Å². The maximum atomic E-state index is 12.6. The smallest absolute Gasteiger partial charge is 0.416 e. The highest BCUT2D eigenvalue weighted by molar-refractivity contribution is 9.10. The lowest BCUT2D eigenvalue weighted by Gasteiger charge is -2.12. The molecule has 0 fully saturated rings. The van der Waals surface area contributed by atoms with Crippen LogP contribution in [0.25, 0.3) is 0 Å². The van der Waals surface area contributed by atoms with Gasteiger partial charge < -0.3 is 9.84 Å². The molecule has 3 nitrogen and oxygen atoms in total. The summed E-state index contributed by atoms with van der Waals surface area (Å²) >= 11 is 8.97. The Bertz CT molecular complexity index is 747. The van der Waals surface area contributed by atoms with Gasteiger partial charge in [0.2, 0.25) is 0 Å². The number of hydrogen-bond acceptors (Lipinski definition) is 2. The number of benzene rings is 2. The van der Waals surface area contributed by atoms with E-state index in [9.17, 15) is 18.0 Å². The fourth-order valence-electron chi connectivity index (χ4n) is 1.81. The lowest BCUT2D eigenvalue weighted by atomic mass is 10.1. The third-order valence-electron chi connectivity index (χ3n) is 2.86. The Morgan fingerprint density at radius 3 is 2.48 bits per heavy atom. The predicted octanol–water partition coefficient (Wildman–Crippen LogP) is 5.40. The number of hydrogen-bond donors (Lipinski definition) is 1. The second-order valence-electron chi connectivity index (χ2n) is 4.58. The number of alkyl halides is 3. The van der Waals surface area contributed by atoms with Crippen molar-refractivity contribution in [3.8, 4) is 5.75 Å². The first kappa shape index (κ1) is 17.6. The molecule has 2 aromatic rings. The molecular weight excluding hydrogens is 401 g/mol. The van der Waals surface area contributed by atoms with Crippen molar-refractivity contribution in [1.82, 2.24) is 0 Å². The van der Waals surface area contributed by atoms with Crippen LogP contribution >= 0.6 is 27.5 Å². The van der Waals surface area contributed by atoms with E-state index in [1.807, 2.05) is 0 Å². The average Bonchev–Trinajstić information content (AvgIpc) is 2.44. The molecule has 0 saturated heterocycles. The van der Waals surface area contributed by atoms with Gasteiger partial charge in [-0.2, -0.15) is 13.2 Å². The summed E-state index contributed by atoms with van der Waals surface area (Å²) < 4.78 is 43.6. The van der Waals surface area contributed by atoms with E-state index in [0.29, 0.717) is 10.0 Å². The Morgan fingerprint density at radius 2 is 1.91 bits per heavy atom. The molecule has 0 aliphatic carbocycles. The van der Waals surface area contributed by atoms with Gasteiger partial charge in [-0.25, -0.2) is 4.79 Å². The molecule has 0 aliphatic heterocycles. The number of rotatable bonds is 4. The Hall–Kier alpha value is -1.73. The van der Waals surface area contributed by atoms with Crippen molar-refractivity contribution in [3.63, 3.8) is 0 Å². The molecule has 1 N–H and O–H groups in total. The molecule has 0 aliphatic rings. The van der Waals surface area contributed by atoms with Gasteiger partial charge in [-0.15, -0.1) is 0 Å². The molecule has 23 heavy (non-hydrogen) atoms. The Kier molecular flexibility index (Phi) is 5.21. The zero-order valence-corrected chi connectivity index (χ0v) is 13.7. The van der Waals surface area contributed by atoms with E-state index in [0.717, 1.165) is 18.2 Å². The van der Waals surface area contributed by atoms with Gasteiger partial charge in [0.1, 0.15) is 12.4 Å². The van der Waals surface area contributed by atoms with Gasteiger partial charge in [0.05, 0.1) is 16.1 Å². The molecule has 0 bridgehead atoms. The average molecular weight is 410 g/mol. The standard InChI is InChI=1S/C15H9BrClF3O3/c16-11-4-8(3-9(5-11)14(21)22)7-23-13-2-1-10(6-12(13)17)15(18,19)20/h1-6H,7H2,(H,21,22). The number of aromatic carboxylic acids is 1. The second-order valence-corrected chi connectivity index (χ2v) is 5.91. The molecule has 0 heterocycles. The largest absolute Gasteiger partial charge is 0.487 e. The fraction of sp³-hybridized carbons (Fsp3) is 0.133. The zero-order chi connectivity index (χ0) is 17.2. The lowest BCUT2D eigenvalue weighted by molar-refractivity contribution is -0.137. The van der Waals surface area contributed by atoms with Gasteiger partial charge in [0, 0.05) is 4.47 Å². The molecule has 0 saturated carbocycles. The molecule has 0 radical (unpaired) electrons. The molecular formula is C15H9BrClF3O3. The first-order chi connectivity index (χ1) is 10.7. The highest BCUT2D eigenvalue weighted by Gasteiger charge is 2.31. The molecule has 0 amide bonds. The van der Waals surface area contributed by atoms with E-state index in [2.05, 4.69) is 15.9 Å². The summed E-state index contributed by atoms with van der Waals surface area (Å²) in [5.74, 6) is -1.02. The monoisotopic (exact) mass is 408 g/mol. The number of carboxylic acid groups (broad SMARTS) is 1. The molecule has 0 aromatic heterocycles. The van der Waals surface area contributed by atoms with Gasteiger partial charge in [0.15, 0.2) is 0 Å². The van der Waals surface area contributed by atoms with Crippen molar-refractivity contribution in [2.75, 3.05) is 0 Å². The number of carbonyl (C=O) groups is 1. The van der Waals surface area contributed by atoms with Crippen LogP contribution in [0, 0.1) is 0 Å². The third kappa shape index (κ3) is 4.62. The highest BCUT2D eigenvalue weighted by Crippen LogP contribution is 2.35. The van der Waals surface area contributed by atoms with Crippen molar-refractivity contribution in [3.05, 3.63) is 62.6 Å². The van der Waals surface area contributed by atoms with Crippen LogP contribution in [0.5, 0.6) is 5.75 Å². The van der Waals surface area contributed by atoms with Gasteiger partial charge in [-0.3, -0.25) is 0 Å². The van der Waals surface area contributed by atoms with E-state index in [4.69, 9.17) is 21.4 Å². The van der Waals surface area contributed by atoms with Crippen molar-refractivity contribution >= 4 is 33.5 Å². The highest BCUT2D eigenvalue weighted by atomic mass is 79.9. The van der Waals surface area contributed by atoms with Crippen molar-refractivity contribution in [1.29, 1.82) is 0 Å². The van der Waals surface area contributed by atoms with E-state index in [1.54, 1.807) is 6.07 Å². The van der Waals surface area contributed by atoms with Crippen LogP contribution in [-0.2, 0) is 12.8 Å². The maximum absolute atomic E-state index is 12.6. The summed E-state index contributed by atoms with van der Waals surface area (Å²) in [4.78, 5) is 11.0. The topological polar surface area (TPSA) is 46.5 Å². The van der Waals surface area contributed by atoms with Gasteiger partial charge >= 0.3 is 12.1 Å². The van der Waals surface area contributed by atoms with Crippen LogP contribution in [-0.4, -0.2) is 11.1 Å². The zero-order valence-electron chi connectivity index (χ0n) is 11.3. The maximum Gasteiger partial charge on any atom is 0.416 e. The summed E-state index contributed by atoms with van der Waals surface area (Å²) in [6, 6.07) is 7.25. The van der Waals surface area contributed by atoms with E-state index < -0.39 is 17.7 Å². The molecule has 8 heteroatoms. The SMILES string of the molecule is O=C(O)c1cc(Br)cc(COc2ccc(C(F)(F)F)cc2Cl)c1. The van der Waals surface area contributed by atoms with E-state index in [1.165, 1.54) is 12.1 Å². The van der Waals surface area contributed by atoms with Crippen LogP contribution in [0.15, 0.2) is 40.9 Å². The molecule has 2 rings (SSSR count). The minimum Gasteiger partial charge on any atom is -0.487 e. The second kappa shape index (κ2) is 6.80. The summed E-state index contributed by atoms with van der Waals surface area (Å²) in [5, 5.41) is 8.81. The summed E-state index contributed by atoms with van der Waals surface area (Å²) in [7, 11) is 0. The molecule has 122 valence electrons. The minimum absolute atomic E-state index is 0.0369. The van der Waals surface area contributed by atoms with Crippen LogP contribution < -0.4 is 4.74 Å². The lowest BCUT2D eigenvalue weighted by Crippen LogP contribution is -2.05. The number of carboxylic acids is 1. The fourth-order valence-corrected chi connectivity index (χ4v) is 2.59. The van der Waals surface area contributed by atoms with Gasteiger partial charge in [-0.1, -0.05) is 27.5 Å². The third-order valence-corrected chi connectivity index (χ3v) is 3.61. The molecule has 0 unspecified atom stereocenters. The van der Waals surface area contributed by atoms with Crippen LogP contribution in [0.4, 0.5) is 13.2 Å². The summed E-state index contributed by atoms with van der Waals surface area (Å²) in [6.45, 7) is -0.0369. The number of ether oxygens (including phenoxy) is 1. The van der Waals surface area contributed by atoms with Gasteiger partial charge in [0.25, 0.3) is 0 Å². The normalized spacial score (nSPS) is 11.3. The predicted molar refractivity (Wildman–Crippen MR) is 81.9 cm³/mol. The summed E-state index contributed by atoms with van der Waals surface area (Å²) in [6.07, 6.45) is -4.48. The van der Waals surface area contributed by atoms with E-state index in [-0.39, 0.29) is 22.9 Å². The quantitative estimate of drug-likeness (QED) is 0.735. The summed E-state index contributed by atoms with van der Waals surface area (Å²) in [5.41, 5.74) is -0.269. The first-order valence-corrected chi connectivity index (χ1v) is 7.36. The van der Waals surface area contributed by atoms with E-state index >= 15 is 0 Å². The van der Waals surface area contributed by atoms with Crippen molar-refractivity contribution in [2.24, 2.45) is 0 Å². The molecule has 2 aromatic carbocycles. The minimum atomic E-state index is -4.48. The van der Waals surface area contributed by atoms with Crippen LogP contribution in [0.1, 0.15) is 21.5 Å². The molecule has 0 spiro atoms. The Labute approximate surface area is 142 Å².